The molecule has 0 bridgehead atoms. The lowest BCUT2D eigenvalue weighted by molar-refractivity contribution is 1.04. The number of allylic oxidation sites excluding steroid dienone is 4. The van der Waals surface area contributed by atoms with Crippen molar-refractivity contribution in [1.82, 2.24) is 0 Å². The molecule has 0 aromatic heterocycles. The maximum absolute atomic E-state index is 5.20. The van der Waals surface area contributed by atoms with Gasteiger partial charge in [0.1, 0.15) is 0 Å². The van der Waals surface area contributed by atoms with Gasteiger partial charge in [-0.15, -0.1) is 0 Å². The van der Waals surface area contributed by atoms with Gasteiger partial charge in [-0.25, -0.2) is 0 Å². The van der Waals surface area contributed by atoms with E-state index in [1.165, 1.54) is 5.57 Å². The molecule has 0 aromatic carbocycles. The van der Waals surface area contributed by atoms with Crippen molar-refractivity contribution in [2.24, 2.45) is 0 Å². The van der Waals surface area contributed by atoms with Gasteiger partial charge < -0.3 is 0 Å². The normalized spacial score (nSPS) is 15.0. The third kappa shape index (κ3) is 2.51. The Hall–Kier alpha value is -0.325. The Morgan fingerprint density at radius 3 is 3.10 bits per heavy atom. The molecule has 4 radical (unpaired) electrons. The van der Waals surface area contributed by atoms with Crippen molar-refractivity contribution in [1.29, 1.82) is 0 Å². The SMILES string of the molecule is [B][B][B]CCC1=CC=CC1. The summed E-state index contributed by atoms with van der Waals surface area (Å²) in [7, 11) is 8.81. The van der Waals surface area contributed by atoms with Gasteiger partial charge in [-0.2, -0.15) is 0 Å². The van der Waals surface area contributed by atoms with Gasteiger partial charge in [0.05, 0.1) is 7.17 Å². The van der Waals surface area contributed by atoms with E-state index in [-0.39, 0.29) is 0 Å². The molecule has 3 heteroatoms. The molecule has 0 saturated heterocycles. The van der Waals surface area contributed by atoms with Crippen molar-refractivity contribution in [3.05, 3.63) is 23.8 Å². The average molecular weight is 126 g/mol. The summed E-state index contributed by atoms with van der Waals surface area (Å²) in [5.41, 5.74) is 1.51. The second-order valence-corrected chi connectivity index (χ2v) is 2.42. The van der Waals surface area contributed by atoms with Crippen LogP contribution in [-0.4, -0.2) is 22.0 Å². The summed E-state index contributed by atoms with van der Waals surface area (Å²) < 4.78 is 0. The lowest BCUT2D eigenvalue weighted by Gasteiger charge is -1.97. The van der Waals surface area contributed by atoms with Crippen molar-refractivity contribution in [2.45, 2.75) is 19.2 Å². The Labute approximate surface area is 65.6 Å². The first kappa shape index (κ1) is 7.78. The molecule has 0 fully saturated rings. The Bertz CT molecular complexity index is 149. The molecule has 0 unspecified atom stereocenters. The van der Waals surface area contributed by atoms with E-state index in [0.717, 1.165) is 19.2 Å². The van der Waals surface area contributed by atoms with Crippen molar-refractivity contribution >= 4 is 22.0 Å². The number of hydrogen-bond acceptors (Lipinski definition) is 0. The number of rotatable bonds is 4. The van der Waals surface area contributed by atoms with E-state index in [1.54, 1.807) is 7.06 Å². The van der Waals surface area contributed by atoms with Gasteiger partial charge in [0, 0.05) is 14.8 Å². The molecule has 0 amide bonds. The lowest BCUT2D eigenvalue weighted by Crippen LogP contribution is -2.01. The van der Waals surface area contributed by atoms with Gasteiger partial charge in [-0.1, -0.05) is 30.1 Å². The molecule has 1 aliphatic carbocycles. The summed E-state index contributed by atoms with van der Waals surface area (Å²) in [6, 6.07) is 0. The second-order valence-electron chi connectivity index (χ2n) is 2.42. The maximum atomic E-state index is 5.20. The fourth-order valence-corrected chi connectivity index (χ4v) is 1.04. The molecular formula is C7H9B3. The van der Waals surface area contributed by atoms with Crippen LogP contribution in [0.5, 0.6) is 0 Å². The molecule has 1 aliphatic rings. The van der Waals surface area contributed by atoms with E-state index in [9.17, 15) is 0 Å². The molecule has 1 rings (SSSR count). The summed E-state index contributed by atoms with van der Waals surface area (Å²) in [6.45, 7) is 0. The monoisotopic (exact) mass is 126 g/mol. The summed E-state index contributed by atoms with van der Waals surface area (Å²) in [5.74, 6) is 0. The minimum Gasteiger partial charge on any atom is -0.0858 e. The Morgan fingerprint density at radius 1 is 1.60 bits per heavy atom. The quantitative estimate of drug-likeness (QED) is 0.390. The largest absolute Gasteiger partial charge is 0.0858 e. The first-order valence-corrected chi connectivity index (χ1v) is 3.65. The minimum atomic E-state index is 1.07. The van der Waals surface area contributed by atoms with E-state index in [1.807, 2.05) is 7.17 Å². The van der Waals surface area contributed by atoms with Gasteiger partial charge >= 0.3 is 0 Å². The van der Waals surface area contributed by atoms with Crippen molar-refractivity contribution in [3.8, 4) is 0 Å². The van der Waals surface area contributed by atoms with Crippen molar-refractivity contribution < 1.29 is 0 Å². The first-order chi connectivity index (χ1) is 4.93. The zero-order chi connectivity index (χ0) is 7.23. The lowest BCUT2D eigenvalue weighted by atomic mass is 9.27. The predicted molar refractivity (Wildman–Crippen MR) is 48.5 cm³/mol. The van der Waals surface area contributed by atoms with Crippen LogP contribution in [0, 0.1) is 0 Å². The Balaban J connectivity index is 2.04. The molecule has 0 saturated carbocycles. The van der Waals surface area contributed by atoms with Crippen molar-refractivity contribution in [2.75, 3.05) is 0 Å². The summed E-state index contributed by atoms with van der Waals surface area (Å²) >= 11 is 0. The van der Waals surface area contributed by atoms with E-state index in [4.69, 9.17) is 7.74 Å². The molecule has 0 N–H and O–H groups in total. The zero-order valence-electron chi connectivity index (χ0n) is 6.09. The minimum absolute atomic E-state index is 1.07. The third-order valence-electron chi connectivity index (χ3n) is 1.62. The molecule has 0 heterocycles. The van der Waals surface area contributed by atoms with Gasteiger partial charge in [-0.3, -0.25) is 0 Å². The first-order valence-electron chi connectivity index (χ1n) is 3.65. The van der Waals surface area contributed by atoms with Crippen molar-refractivity contribution in [3.63, 3.8) is 0 Å². The molecule has 0 aromatic rings. The van der Waals surface area contributed by atoms with Crippen LogP contribution in [0.15, 0.2) is 23.8 Å². The molecule has 0 aliphatic heterocycles. The highest BCUT2D eigenvalue weighted by atomic mass is 14.0. The average Bonchev–Trinajstić information content (AvgIpc) is 2.41. The fourth-order valence-electron chi connectivity index (χ4n) is 1.04. The molecule has 46 valence electrons. The van der Waals surface area contributed by atoms with Gasteiger partial charge in [0.25, 0.3) is 0 Å². The Kier molecular flexibility index (Phi) is 3.49. The van der Waals surface area contributed by atoms with E-state index in [2.05, 4.69) is 18.2 Å². The highest BCUT2D eigenvalue weighted by Crippen LogP contribution is 2.15. The van der Waals surface area contributed by atoms with Crippen LogP contribution in [0.2, 0.25) is 6.32 Å². The van der Waals surface area contributed by atoms with Gasteiger partial charge in [0.15, 0.2) is 0 Å². The fraction of sp³-hybridized carbons (Fsp3) is 0.429. The van der Waals surface area contributed by atoms with E-state index in [0.29, 0.717) is 0 Å². The predicted octanol–water partition coefficient (Wildman–Crippen LogP) is 1.09. The zero-order valence-corrected chi connectivity index (χ0v) is 6.09. The van der Waals surface area contributed by atoms with Crippen LogP contribution in [0.25, 0.3) is 0 Å². The Morgan fingerprint density at radius 2 is 2.50 bits per heavy atom. The highest BCUT2D eigenvalue weighted by molar-refractivity contribution is 7.23. The summed E-state index contributed by atoms with van der Waals surface area (Å²) in [4.78, 5) is 0. The van der Waals surface area contributed by atoms with Gasteiger partial charge in [-0.05, 0) is 12.8 Å². The summed E-state index contributed by atoms with van der Waals surface area (Å²) in [5, 5.41) is 0. The van der Waals surface area contributed by atoms with E-state index >= 15 is 0 Å². The number of hydrogen-bond donors (Lipinski definition) is 0. The van der Waals surface area contributed by atoms with Crippen LogP contribution in [0.1, 0.15) is 12.8 Å². The topological polar surface area (TPSA) is 0 Å². The maximum Gasteiger partial charge on any atom is 0.0548 e. The third-order valence-corrected chi connectivity index (χ3v) is 1.62. The van der Waals surface area contributed by atoms with Crippen LogP contribution in [-0.2, 0) is 0 Å². The van der Waals surface area contributed by atoms with Crippen LogP contribution < -0.4 is 0 Å². The second kappa shape index (κ2) is 4.48. The molecule has 0 atom stereocenters. The summed E-state index contributed by atoms with van der Waals surface area (Å²) in [6.07, 6.45) is 9.84. The molecular weight excluding hydrogens is 117 g/mol. The smallest absolute Gasteiger partial charge is 0.0548 e. The van der Waals surface area contributed by atoms with Gasteiger partial charge in [0.2, 0.25) is 0 Å². The van der Waals surface area contributed by atoms with Crippen LogP contribution >= 0.6 is 0 Å². The molecule has 0 nitrogen and oxygen atoms in total. The van der Waals surface area contributed by atoms with Crippen LogP contribution in [0.3, 0.4) is 0 Å². The van der Waals surface area contributed by atoms with Crippen LogP contribution in [0.4, 0.5) is 0 Å². The van der Waals surface area contributed by atoms with E-state index < -0.39 is 0 Å². The molecule has 0 spiro atoms. The highest BCUT2D eigenvalue weighted by Gasteiger charge is 1.97. The molecule has 10 heavy (non-hydrogen) atoms. The standard InChI is InChI=1S/C7H9B3/c8-10-9-6-5-7-3-1-2-4-7/h1-3H,4-6H2.